The minimum Gasteiger partial charge on any atom is -0.444 e. The van der Waals surface area contributed by atoms with Gasteiger partial charge in [-0.05, 0) is 44.0 Å². The van der Waals surface area contributed by atoms with Gasteiger partial charge >= 0.3 is 6.09 Å². The molecule has 9 nitrogen and oxygen atoms in total. The van der Waals surface area contributed by atoms with Gasteiger partial charge in [-0.3, -0.25) is 14.4 Å². The molecule has 9 heteroatoms. The number of alkyl carbamates (subject to hydrolysis) is 1. The molecule has 0 saturated carbocycles. The Labute approximate surface area is 211 Å². The SMILES string of the molecule is C#Cc1ccc(C(C(=O)NCc2ccccc2)N(C)C(=O)C(CC(N)=O)NC(=O)OC(C)(C)C)cc1. The van der Waals surface area contributed by atoms with Crippen LogP contribution in [0.4, 0.5) is 4.79 Å². The molecule has 0 saturated heterocycles. The third-order valence-corrected chi connectivity index (χ3v) is 5.08. The lowest BCUT2D eigenvalue weighted by Crippen LogP contribution is -2.52. The number of hydrogen-bond acceptors (Lipinski definition) is 5. The smallest absolute Gasteiger partial charge is 0.408 e. The molecule has 0 bridgehead atoms. The molecule has 0 aliphatic carbocycles. The monoisotopic (exact) mass is 492 g/mol. The molecule has 2 aromatic rings. The van der Waals surface area contributed by atoms with Gasteiger partial charge in [0.1, 0.15) is 17.7 Å². The Balaban J connectivity index is 2.33. The average molecular weight is 493 g/mol. The molecule has 190 valence electrons. The number of rotatable bonds is 9. The van der Waals surface area contributed by atoms with Crippen LogP contribution in [0.5, 0.6) is 0 Å². The molecule has 0 aliphatic rings. The molecule has 0 heterocycles. The van der Waals surface area contributed by atoms with Crippen LogP contribution in [-0.4, -0.2) is 47.4 Å². The maximum atomic E-state index is 13.4. The van der Waals surface area contributed by atoms with Gasteiger partial charge in [0, 0.05) is 19.2 Å². The van der Waals surface area contributed by atoms with E-state index >= 15 is 0 Å². The van der Waals surface area contributed by atoms with Crippen LogP contribution >= 0.6 is 0 Å². The summed E-state index contributed by atoms with van der Waals surface area (Å²) >= 11 is 0. The first-order chi connectivity index (χ1) is 16.9. The number of carbonyl (C=O) groups excluding carboxylic acids is 4. The van der Waals surface area contributed by atoms with E-state index in [1.165, 1.54) is 7.05 Å². The Morgan fingerprint density at radius 2 is 1.67 bits per heavy atom. The topological polar surface area (TPSA) is 131 Å². The summed E-state index contributed by atoms with van der Waals surface area (Å²) in [7, 11) is 1.41. The molecule has 36 heavy (non-hydrogen) atoms. The summed E-state index contributed by atoms with van der Waals surface area (Å²) in [6.45, 7) is 5.23. The van der Waals surface area contributed by atoms with Crippen molar-refractivity contribution in [3.05, 3.63) is 71.3 Å². The van der Waals surface area contributed by atoms with Crippen LogP contribution < -0.4 is 16.4 Å². The van der Waals surface area contributed by atoms with E-state index in [-0.39, 0.29) is 6.54 Å². The fourth-order valence-electron chi connectivity index (χ4n) is 3.42. The van der Waals surface area contributed by atoms with Crippen molar-refractivity contribution in [2.24, 2.45) is 5.73 Å². The second kappa shape index (κ2) is 12.4. The number of terminal acetylenes is 1. The van der Waals surface area contributed by atoms with Crippen molar-refractivity contribution in [3.63, 3.8) is 0 Å². The van der Waals surface area contributed by atoms with Crippen molar-refractivity contribution in [1.82, 2.24) is 15.5 Å². The highest BCUT2D eigenvalue weighted by molar-refractivity contribution is 5.94. The highest BCUT2D eigenvalue weighted by atomic mass is 16.6. The van der Waals surface area contributed by atoms with Crippen molar-refractivity contribution >= 4 is 23.8 Å². The molecule has 2 unspecified atom stereocenters. The van der Waals surface area contributed by atoms with Crippen molar-refractivity contribution in [2.45, 2.75) is 51.4 Å². The summed E-state index contributed by atoms with van der Waals surface area (Å²) in [5.74, 6) is 0.549. The highest BCUT2D eigenvalue weighted by Gasteiger charge is 2.34. The first-order valence-electron chi connectivity index (χ1n) is 11.3. The van der Waals surface area contributed by atoms with E-state index in [1.54, 1.807) is 45.0 Å². The summed E-state index contributed by atoms with van der Waals surface area (Å²) in [6, 6.07) is 13.5. The first-order valence-corrected chi connectivity index (χ1v) is 11.3. The second-order valence-corrected chi connectivity index (χ2v) is 9.19. The molecule has 2 rings (SSSR count). The Morgan fingerprint density at radius 3 is 2.19 bits per heavy atom. The highest BCUT2D eigenvalue weighted by Crippen LogP contribution is 2.22. The Bertz CT molecular complexity index is 1120. The number of ether oxygens (including phenoxy) is 1. The average Bonchev–Trinajstić information content (AvgIpc) is 2.81. The van der Waals surface area contributed by atoms with Gasteiger partial charge in [-0.2, -0.15) is 0 Å². The van der Waals surface area contributed by atoms with Gasteiger partial charge in [-0.25, -0.2) is 4.79 Å². The predicted molar refractivity (Wildman–Crippen MR) is 135 cm³/mol. The van der Waals surface area contributed by atoms with E-state index in [2.05, 4.69) is 16.6 Å². The molecule has 4 N–H and O–H groups in total. The quantitative estimate of drug-likeness (QED) is 0.462. The van der Waals surface area contributed by atoms with E-state index < -0.39 is 47.9 Å². The zero-order valence-corrected chi connectivity index (χ0v) is 20.9. The number of primary amides is 1. The summed E-state index contributed by atoms with van der Waals surface area (Å²) in [5.41, 5.74) is 6.47. The second-order valence-electron chi connectivity index (χ2n) is 9.19. The van der Waals surface area contributed by atoms with Gasteiger partial charge in [0.2, 0.25) is 17.7 Å². The lowest BCUT2D eigenvalue weighted by atomic mass is 10.0. The number of likely N-dealkylation sites (N-methyl/N-ethyl adjacent to an activating group) is 1. The number of amides is 4. The molecule has 0 aromatic heterocycles. The molecule has 0 radical (unpaired) electrons. The third kappa shape index (κ3) is 8.47. The maximum absolute atomic E-state index is 13.4. The standard InChI is InChI=1S/C27H32N4O5/c1-6-18-12-14-20(15-13-18)23(24(33)29-17-19-10-8-7-9-11-19)31(5)25(34)21(16-22(28)32)30-26(35)36-27(2,3)4/h1,7-15,21,23H,16-17H2,2-5H3,(H2,28,32)(H,29,33)(H,30,35). The van der Waals surface area contributed by atoms with Crippen molar-refractivity contribution in [2.75, 3.05) is 7.05 Å². The normalized spacial score (nSPS) is 12.4. The fourth-order valence-corrected chi connectivity index (χ4v) is 3.42. The number of benzene rings is 2. The van der Waals surface area contributed by atoms with Crippen molar-refractivity contribution in [1.29, 1.82) is 0 Å². The third-order valence-electron chi connectivity index (χ3n) is 5.08. The maximum Gasteiger partial charge on any atom is 0.408 e. The molecule has 0 aliphatic heterocycles. The predicted octanol–water partition coefficient (Wildman–Crippen LogP) is 2.25. The zero-order chi connectivity index (χ0) is 26.9. The van der Waals surface area contributed by atoms with Gasteiger partial charge in [0.15, 0.2) is 0 Å². The van der Waals surface area contributed by atoms with Crippen molar-refractivity contribution < 1.29 is 23.9 Å². The molecular formula is C27H32N4O5. The Kier molecular flexibility index (Phi) is 9.62. The van der Waals surface area contributed by atoms with Crippen LogP contribution in [0.1, 0.15) is 49.9 Å². The van der Waals surface area contributed by atoms with E-state index in [0.717, 1.165) is 10.5 Å². The number of nitrogens with zero attached hydrogens (tertiary/aromatic N) is 1. The van der Waals surface area contributed by atoms with Gasteiger partial charge < -0.3 is 26.0 Å². The zero-order valence-electron chi connectivity index (χ0n) is 20.9. The largest absolute Gasteiger partial charge is 0.444 e. The van der Waals surface area contributed by atoms with E-state index in [4.69, 9.17) is 16.9 Å². The summed E-state index contributed by atoms with van der Waals surface area (Å²) in [4.78, 5) is 51.9. The molecule has 0 spiro atoms. The van der Waals surface area contributed by atoms with Crippen LogP contribution in [0.15, 0.2) is 54.6 Å². The first kappa shape index (κ1) is 27.9. The van der Waals surface area contributed by atoms with Crippen molar-refractivity contribution in [3.8, 4) is 12.3 Å². The van der Waals surface area contributed by atoms with Gasteiger partial charge in [0.25, 0.3) is 0 Å². The molecule has 2 atom stereocenters. The van der Waals surface area contributed by atoms with Crippen LogP contribution in [0.3, 0.4) is 0 Å². The number of carbonyl (C=O) groups is 4. The Hall–Kier alpha value is -4.32. The van der Waals surface area contributed by atoms with Crippen LogP contribution in [0, 0.1) is 12.3 Å². The molecule has 0 fully saturated rings. The molecule has 4 amide bonds. The Morgan fingerprint density at radius 1 is 1.06 bits per heavy atom. The molecule has 2 aromatic carbocycles. The minimum absolute atomic E-state index is 0.238. The minimum atomic E-state index is -1.34. The lowest BCUT2D eigenvalue weighted by Gasteiger charge is -2.31. The number of nitrogens with one attached hydrogen (secondary N) is 2. The lowest BCUT2D eigenvalue weighted by molar-refractivity contribution is -0.141. The molecular weight excluding hydrogens is 460 g/mol. The van der Waals surface area contributed by atoms with Crippen LogP contribution in [-0.2, 0) is 25.7 Å². The van der Waals surface area contributed by atoms with Crippen LogP contribution in [0.2, 0.25) is 0 Å². The van der Waals surface area contributed by atoms with E-state index in [9.17, 15) is 19.2 Å². The summed E-state index contributed by atoms with van der Waals surface area (Å²) in [5, 5.41) is 5.23. The van der Waals surface area contributed by atoms with E-state index in [1.807, 2.05) is 30.3 Å². The fraction of sp³-hybridized carbons (Fsp3) is 0.333. The van der Waals surface area contributed by atoms with Gasteiger partial charge in [-0.15, -0.1) is 6.42 Å². The van der Waals surface area contributed by atoms with Gasteiger partial charge in [0.05, 0.1) is 6.42 Å². The van der Waals surface area contributed by atoms with E-state index in [0.29, 0.717) is 11.1 Å². The number of nitrogens with two attached hydrogens (primary N) is 1. The summed E-state index contributed by atoms with van der Waals surface area (Å²) in [6.07, 6.45) is 4.08. The number of hydrogen-bond donors (Lipinski definition) is 3. The summed E-state index contributed by atoms with van der Waals surface area (Å²) < 4.78 is 5.21. The van der Waals surface area contributed by atoms with Crippen LogP contribution in [0.25, 0.3) is 0 Å². The van der Waals surface area contributed by atoms with Gasteiger partial charge in [-0.1, -0.05) is 48.4 Å².